The predicted molar refractivity (Wildman–Crippen MR) is 66.7 cm³/mol. The van der Waals surface area contributed by atoms with E-state index >= 15 is 0 Å². The predicted octanol–water partition coefficient (Wildman–Crippen LogP) is 0.516. The monoisotopic (exact) mass is 286 g/mol. The van der Waals surface area contributed by atoms with Crippen LogP contribution in [0.25, 0.3) is 5.65 Å². The summed E-state index contributed by atoms with van der Waals surface area (Å²) < 4.78 is 17.5. The maximum atomic E-state index is 10.7. The molecule has 0 aliphatic heterocycles. The molecular formula is C10H15N4O4P. The normalized spacial score (nSPS) is 13.9. The lowest BCUT2D eigenvalue weighted by Crippen LogP contribution is -2.14. The molecule has 0 aromatic carbocycles. The van der Waals surface area contributed by atoms with Crippen LogP contribution >= 0.6 is 7.60 Å². The zero-order valence-electron chi connectivity index (χ0n) is 10.6. The first kappa shape index (κ1) is 14.1. The summed E-state index contributed by atoms with van der Waals surface area (Å²) in [5, 5.41) is 4.10. The molecule has 2 aromatic rings. The summed E-state index contributed by atoms with van der Waals surface area (Å²) in [4.78, 5) is 25.7. The molecular weight excluding hydrogens is 271 g/mol. The van der Waals surface area contributed by atoms with Crippen LogP contribution in [0.15, 0.2) is 12.5 Å². The fourth-order valence-electron chi connectivity index (χ4n) is 1.70. The number of imidazole rings is 1. The molecule has 0 amide bonds. The molecule has 1 unspecified atom stereocenters. The van der Waals surface area contributed by atoms with E-state index < -0.39 is 13.9 Å². The van der Waals surface area contributed by atoms with Gasteiger partial charge in [0.15, 0.2) is 5.65 Å². The van der Waals surface area contributed by atoms with Crippen LogP contribution in [0.1, 0.15) is 18.3 Å². The van der Waals surface area contributed by atoms with Gasteiger partial charge in [-0.2, -0.15) is 5.10 Å². The van der Waals surface area contributed by atoms with Crippen LogP contribution in [0.4, 0.5) is 0 Å². The zero-order valence-corrected chi connectivity index (χ0v) is 11.5. The zero-order chi connectivity index (χ0) is 14.0. The van der Waals surface area contributed by atoms with Crippen LogP contribution in [-0.4, -0.2) is 41.8 Å². The average molecular weight is 286 g/mol. The smallest absolute Gasteiger partial charge is 0.350 e. The molecule has 0 radical (unpaired) electrons. The van der Waals surface area contributed by atoms with Crippen LogP contribution in [0.2, 0.25) is 0 Å². The van der Waals surface area contributed by atoms with E-state index in [9.17, 15) is 4.57 Å². The molecule has 0 aliphatic carbocycles. The van der Waals surface area contributed by atoms with Crippen molar-refractivity contribution in [3.05, 3.63) is 23.9 Å². The van der Waals surface area contributed by atoms with Gasteiger partial charge in [-0.25, -0.2) is 14.5 Å². The van der Waals surface area contributed by atoms with Crippen molar-refractivity contribution >= 4 is 13.2 Å². The second-order valence-electron chi connectivity index (χ2n) is 4.31. The van der Waals surface area contributed by atoms with E-state index in [1.165, 1.54) is 6.33 Å². The third-order valence-electron chi connectivity index (χ3n) is 2.57. The van der Waals surface area contributed by atoms with Gasteiger partial charge in [-0.3, -0.25) is 4.57 Å². The summed E-state index contributed by atoms with van der Waals surface area (Å²) in [6, 6.07) is 0. The van der Waals surface area contributed by atoms with E-state index in [1.807, 2.05) is 6.92 Å². The summed E-state index contributed by atoms with van der Waals surface area (Å²) in [7, 11) is -4.14. The van der Waals surface area contributed by atoms with E-state index in [-0.39, 0.29) is 6.10 Å². The minimum atomic E-state index is -4.14. The summed E-state index contributed by atoms with van der Waals surface area (Å²) in [5.74, 6) is 0. The number of ether oxygens (including phenoxy) is 1. The van der Waals surface area contributed by atoms with Gasteiger partial charge >= 0.3 is 7.60 Å². The number of nitrogens with zero attached hydrogens (tertiary/aromatic N) is 4. The fourth-order valence-corrected chi connectivity index (χ4v) is 2.14. The van der Waals surface area contributed by atoms with Gasteiger partial charge in [0.05, 0.1) is 23.7 Å². The molecule has 0 spiro atoms. The molecule has 8 nitrogen and oxygen atoms in total. The van der Waals surface area contributed by atoms with Crippen molar-refractivity contribution in [2.24, 2.45) is 0 Å². The van der Waals surface area contributed by atoms with Gasteiger partial charge < -0.3 is 14.5 Å². The standard InChI is InChI=1S/C10H15N4O4P/c1-7(18-6-19(15,16)17)3-9-4-11-10-8(2)12-5-13-14(9)10/h4-5,7H,3,6H2,1-2H3,(H2,15,16,17). The molecule has 19 heavy (non-hydrogen) atoms. The van der Waals surface area contributed by atoms with Gasteiger partial charge in [0.1, 0.15) is 12.7 Å². The number of aromatic nitrogens is 4. The van der Waals surface area contributed by atoms with Crippen LogP contribution < -0.4 is 0 Å². The first-order valence-corrected chi connectivity index (χ1v) is 7.47. The molecule has 2 rings (SSSR count). The molecule has 1 atom stereocenters. The SMILES string of the molecule is Cc1ncnn2c(CC(C)OCP(=O)(O)O)cnc12. The topological polar surface area (TPSA) is 110 Å². The van der Waals surface area contributed by atoms with Gasteiger partial charge in [0.2, 0.25) is 0 Å². The molecule has 9 heteroatoms. The Morgan fingerprint density at radius 1 is 1.47 bits per heavy atom. The second kappa shape index (κ2) is 5.34. The van der Waals surface area contributed by atoms with Gasteiger partial charge in [-0.15, -0.1) is 0 Å². The minimum Gasteiger partial charge on any atom is -0.365 e. The largest absolute Gasteiger partial charge is 0.365 e. The van der Waals surface area contributed by atoms with Crippen molar-refractivity contribution in [2.45, 2.75) is 26.4 Å². The highest BCUT2D eigenvalue weighted by atomic mass is 31.2. The summed E-state index contributed by atoms with van der Waals surface area (Å²) in [6.07, 6.45) is 2.63. The molecule has 0 aliphatic rings. The van der Waals surface area contributed by atoms with Crippen LogP contribution in [0.3, 0.4) is 0 Å². The van der Waals surface area contributed by atoms with Crippen molar-refractivity contribution in [1.82, 2.24) is 19.6 Å². The van der Waals surface area contributed by atoms with E-state index in [1.54, 1.807) is 17.6 Å². The van der Waals surface area contributed by atoms with Gasteiger partial charge in [0.25, 0.3) is 0 Å². The Morgan fingerprint density at radius 2 is 2.21 bits per heavy atom. The lowest BCUT2D eigenvalue weighted by Gasteiger charge is -2.13. The van der Waals surface area contributed by atoms with Crippen LogP contribution in [-0.2, 0) is 15.7 Å². The molecule has 0 saturated carbocycles. The van der Waals surface area contributed by atoms with Crippen molar-refractivity contribution in [1.29, 1.82) is 0 Å². The second-order valence-corrected chi connectivity index (χ2v) is 5.89. The van der Waals surface area contributed by atoms with Crippen molar-refractivity contribution in [3.8, 4) is 0 Å². The van der Waals surface area contributed by atoms with Gasteiger partial charge in [-0.1, -0.05) is 0 Å². The Balaban J connectivity index is 2.09. The Hall–Kier alpha value is -1.34. The Kier molecular flexibility index (Phi) is 3.96. The van der Waals surface area contributed by atoms with E-state index in [0.29, 0.717) is 12.1 Å². The van der Waals surface area contributed by atoms with E-state index in [0.717, 1.165) is 11.4 Å². The summed E-state index contributed by atoms with van der Waals surface area (Å²) in [5.41, 5.74) is 2.24. The Labute approximate surface area is 109 Å². The molecule has 0 fully saturated rings. The quantitative estimate of drug-likeness (QED) is 0.771. The van der Waals surface area contributed by atoms with E-state index in [2.05, 4.69) is 15.1 Å². The number of hydrogen-bond donors (Lipinski definition) is 2. The number of aryl methyl sites for hydroxylation is 1. The van der Waals surface area contributed by atoms with Crippen molar-refractivity contribution < 1.29 is 19.1 Å². The highest BCUT2D eigenvalue weighted by molar-refractivity contribution is 7.51. The molecule has 2 heterocycles. The first-order valence-electron chi connectivity index (χ1n) is 5.67. The molecule has 104 valence electrons. The summed E-state index contributed by atoms with van der Waals surface area (Å²) in [6.45, 7) is 3.57. The van der Waals surface area contributed by atoms with Crippen LogP contribution in [0.5, 0.6) is 0 Å². The number of hydrogen-bond acceptors (Lipinski definition) is 5. The van der Waals surface area contributed by atoms with Crippen LogP contribution in [0, 0.1) is 6.92 Å². The Bertz CT molecular complexity index is 623. The average Bonchev–Trinajstić information content (AvgIpc) is 2.71. The number of rotatable bonds is 5. The first-order chi connectivity index (χ1) is 8.87. The third kappa shape index (κ3) is 3.57. The lowest BCUT2D eigenvalue weighted by molar-refractivity contribution is 0.0877. The molecule has 0 saturated heterocycles. The minimum absolute atomic E-state index is 0.345. The fraction of sp³-hybridized carbons (Fsp3) is 0.500. The Morgan fingerprint density at radius 3 is 2.89 bits per heavy atom. The highest BCUT2D eigenvalue weighted by Gasteiger charge is 2.17. The van der Waals surface area contributed by atoms with Gasteiger partial charge in [-0.05, 0) is 13.8 Å². The number of fused-ring (bicyclic) bond motifs is 1. The maximum Gasteiger partial charge on any atom is 0.350 e. The third-order valence-corrected chi connectivity index (χ3v) is 3.06. The van der Waals surface area contributed by atoms with Gasteiger partial charge in [0, 0.05) is 6.42 Å². The molecule has 0 bridgehead atoms. The highest BCUT2D eigenvalue weighted by Crippen LogP contribution is 2.34. The van der Waals surface area contributed by atoms with E-state index in [4.69, 9.17) is 14.5 Å². The molecule has 2 aromatic heterocycles. The van der Waals surface area contributed by atoms with Crippen molar-refractivity contribution in [2.75, 3.05) is 6.35 Å². The summed E-state index contributed by atoms with van der Waals surface area (Å²) >= 11 is 0. The maximum absolute atomic E-state index is 10.7. The lowest BCUT2D eigenvalue weighted by atomic mass is 10.2. The van der Waals surface area contributed by atoms with Crippen molar-refractivity contribution in [3.63, 3.8) is 0 Å². The molecule has 2 N–H and O–H groups in total.